The fourth-order valence-corrected chi connectivity index (χ4v) is 4.93. The maximum absolute atomic E-state index is 6.37. The largest absolute Gasteiger partial charge is 0.411 e. The number of hydrogen-bond acceptors (Lipinski definition) is 4. The van der Waals surface area contributed by atoms with E-state index in [1.165, 1.54) is 38.6 Å². The molecule has 2 aliphatic heterocycles. The lowest BCUT2D eigenvalue weighted by Crippen LogP contribution is -2.50. The van der Waals surface area contributed by atoms with Gasteiger partial charge in [0, 0.05) is 39.3 Å². The third-order valence-corrected chi connectivity index (χ3v) is 6.44. The third kappa shape index (κ3) is 4.62. The molecule has 0 spiro atoms. The van der Waals surface area contributed by atoms with Crippen LogP contribution in [0, 0.1) is 0 Å². The van der Waals surface area contributed by atoms with Crippen LogP contribution in [0.1, 0.15) is 6.42 Å². The van der Waals surface area contributed by atoms with Crippen LogP contribution in [0.3, 0.4) is 0 Å². The summed E-state index contributed by atoms with van der Waals surface area (Å²) in [5.41, 5.74) is 0. The zero-order valence-corrected chi connectivity index (χ0v) is 13.2. The minimum atomic E-state index is -1.45. The van der Waals surface area contributed by atoms with Gasteiger partial charge in [-0.3, -0.25) is 4.90 Å². The van der Waals surface area contributed by atoms with Crippen LogP contribution in [0.25, 0.3) is 0 Å². The minimum absolute atomic E-state index is 0.287. The molecule has 106 valence electrons. The van der Waals surface area contributed by atoms with E-state index in [0.29, 0.717) is 0 Å². The first-order valence-electron chi connectivity index (χ1n) is 7.22. The molecule has 0 saturated carbocycles. The van der Waals surface area contributed by atoms with Gasteiger partial charge in [-0.05, 0) is 32.6 Å². The highest BCUT2D eigenvalue weighted by atomic mass is 28.4. The van der Waals surface area contributed by atoms with Gasteiger partial charge in [0.2, 0.25) is 0 Å². The fraction of sp³-hybridized carbons (Fsp3) is 1.00. The van der Waals surface area contributed by atoms with Gasteiger partial charge in [-0.25, -0.2) is 0 Å². The SMILES string of the molecule is CN1CCN(CC2COCCC[Si](C)(C)O2)CC1. The van der Waals surface area contributed by atoms with Gasteiger partial charge in [-0.1, -0.05) is 0 Å². The van der Waals surface area contributed by atoms with Gasteiger partial charge in [0.05, 0.1) is 12.7 Å². The monoisotopic (exact) mass is 272 g/mol. The quantitative estimate of drug-likeness (QED) is 0.706. The van der Waals surface area contributed by atoms with Crippen molar-refractivity contribution in [1.29, 1.82) is 0 Å². The highest BCUT2D eigenvalue weighted by molar-refractivity contribution is 6.71. The zero-order valence-electron chi connectivity index (χ0n) is 12.2. The Balaban J connectivity index is 1.82. The van der Waals surface area contributed by atoms with Crippen LogP contribution < -0.4 is 0 Å². The van der Waals surface area contributed by atoms with Crippen LogP contribution in [-0.4, -0.2) is 77.2 Å². The second kappa shape index (κ2) is 6.48. The molecule has 2 rings (SSSR count). The van der Waals surface area contributed by atoms with Crippen LogP contribution in [0.2, 0.25) is 19.1 Å². The summed E-state index contributed by atoms with van der Waals surface area (Å²) in [7, 11) is 0.746. The van der Waals surface area contributed by atoms with E-state index < -0.39 is 8.32 Å². The summed E-state index contributed by atoms with van der Waals surface area (Å²) >= 11 is 0. The molecule has 1 atom stereocenters. The fourth-order valence-electron chi connectivity index (χ4n) is 2.77. The molecular formula is C13H28N2O2Si. The molecule has 2 aliphatic rings. The van der Waals surface area contributed by atoms with Gasteiger partial charge < -0.3 is 14.1 Å². The second-order valence-corrected chi connectivity index (χ2v) is 10.5. The summed E-state index contributed by atoms with van der Waals surface area (Å²) in [6, 6.07) is 1.23. The molecule has 18 heavy (non-hydrogen) atoms. The number of likely N-dealkylation sites (N-methyl/N-ethyl adjacent to an activating group) is 1. The van der Waals surface area contributed by atoms with Crippen molar-refractivity contribution in [2.45, 2.75) is 31.7 Å². The number of nitrogens with zero attached hydrogens (tertiary/aromatic N) is 2. The average molecular weight is 272 g/mol. The Morgan fingerprint density at radius 2 is 1.89 bits per heavy atom. The normalized spacial score (nSPS) is 31.8. The van der Waals surface area contributed by atoms with Crippen LogP contribution in [0.15, 0.2) is 0 Å². The van der Waals surface area contributed by atoms with Crippen molar-refractivity contribution in [2.24, 2.45) is 0 Å². The molecule has 0 bridgehead atoms. The number of piperazine rings is 1. The van der Waals surface area contributed by atoms with Crippen molar-refractivity contribution in [1.82, 2.24) is 9.80 Å². The molecular weight excluding hydrogens is 244 g/mol. The molecule has 1 unspecified atom stereocenters. The summed E-state index contributed by atoms with van der Waals surface area (Å²) in [6.45, 7) is 12.1. The molecule has 0 N–H and O–H groups in total. The summed E-state index contributed by atoms with van der Waals surface area (Å²) < 4.78 is 12.1. The Morgan fingerprint density at radius 1 is 1.17 bits per heavy atom. The molecule has 4 nitrogen and oxygen atoms in total. The van der Waals surface area contributed by atoms with Crippen molar-refractivity contribution in [3.63, 3.8) is 0 Å². The lowest BCUT2D eigenvalue weighted by molar-refractivity contribution is 0.00972. The van der Waals surface area contributed by atoms with Crippen molar-refractivity contribution < 1.29 is 9.16 Å². The van der Waals surface area contributed by atoms with E-state index in [9.17, 15) is 0 Å². The van der Waals surface area contributed by atoms with Crippen LogP contribution in [0.5, 0.6) is 0 Å². The van der Waals surface area contributed by atoms with Gasteiger partial charge in [-0.2, -0.15) is 0 Å². The standard InChI is InChI=1S/C13H28N2O2Si/c1-14-5-7-15(8-6-14)11-13-12-16-9-4-10-18(2,3)17-13/h13H,4-12H2,1-3H3. The van der Waals surface area contributed by atoms with Crippen LogP contribution in [0.4, 0.5) is 0 Å². The Labute approximate surface area is 112 Å². The molecule has 0 aromatic carbocycles. The topological polar surface area (TPSA) is 24.9 Å². The second-order valence-electron chi connectivity index (χ2n) is 6.28. The lowest BCUT2D eigenvalue weighted by atomic mass is 10.3. The van der Waals surface area contributed by atoms with E-state index in [-0.39, 0.29) is 6.10 Å². The van der Waals surface area contributed by atoms with Gasteiger partial charge in [0.15, 0.2) is 8.32 Å². The third-order valence-electron chi connectivity index (χ3n) is 3.91. The molecule has 0 aliphatic carbocycles. The summed E-state index contributed by atoms with van der Waals surface area (Å²) in [5.74, 6) is 0. The van der Waals surface area contributed by atoms with Crippen molar-refractivity contribution >= 4 is 8.32 Å². The van der Waals surface area contributed by atoms with E-state index in [1.54, 1.807) is 0 Å². The van der Waals surface area contributed by atoms with Crippen molar-refractivity contribution in [3.05, 3.63) is 0 Å². The molecule has 5 heteroatoms. The Bertz CT molecular complexity index is 255. The van der Waals surface area contributed by atoms with E-state index in [0.717, 1.165) is 19.8 Å². The minimum Gasteiger partial charge on any atom is -0.411 e. The Hall–Kier alpha value is 0.0569. The molecule has 0 aromatic heterocycles. The molecule has 2 fully saturated rings. The maximum Gasteiger partial charge on any atom is 0.187 e. The zero-order chi connectivity index (χ0) is 13.0. The number of rotatable bonds is 2. The molecule has 0 amide bonds. The molecule has 2 heterocycles. The molecule has 0 radical (unpaired) electrons. The Kier molecular flexibility index (Phi) is 5.21. The van der Waals surface area contributed by atoms with Gasteiger partial charge >= 0.3 is 0 Å². The van der Waals surface area contributed by atoms with Gasteiger partial charge in [0.25, 0.3) is 0 Å². The van der Waals surface area contributed by atoms with Crippen molar-refractivity contribution in [2.75, 3.05) is 53.0 Å². The first-order chi connectivity index (χ1) is 8.55. The van der Waals surface area contributed by atoms with Crippen LogP contribution in [-0.2, 0) is 9.16 Å². The van der Waals surface area contributed by atoms with Crippen molar-refractivity contribution in [3.8, 4) is 0 Å². The first kappa shape index (κ1) is 14.5. The van der Waals surface area contributed by atoms with Gasteiger partial charge in [0.1, 0.15) is 0 Å². The molecule has 0 aromatic rings. The van der Waals surface area contributed by atoms with E-state index in [4.69, 9.17) is 9.16 Å². The van der Waals surface area contributed by atoms with E-state index in [2.05, 4.69) is 29.9 Å². The summed E-state index contributed by atoms with van der Waals surface area (Å²) in [6.07, 6.45) is 1.45. The smallest absolute Gasteiger partial charge is 0.187 e. The highest BCUT2D eigenvalue weighted by Gasteiger charge is 2.29. The Morgan fingerprint density at radius 3 is 2.61 bits per heavy atom. The van der Waals surface area contributed by atoms with E-state index >= 15 is 0 Å². The predicted octanol–water partition coefficient (Wildman–Crippen LogP) is 1.24. The summed E-state index contributed by atoms with van der Waals surface area (Å²) in [4.78, 5) is 4.92. The number of hydrogen-bond donors (Lipinski definition) is 0. The lowest BCUT2D eigenvalue weighted by Gasteiger charge is -2.37. The predicted molar refractivity (Wildman–Crippen MR) is 76.5 cm³/mol. The van der Waals surface area contributed by atoms with E-state index in [1.807, 2.05) is 0 Å². The highest BCUT2D eigenvalue weighted by Crippen LogP contribution is 2.19. The number of ether oxygens (including phenoxy) is 1. The maximum atomic E-state index is 6.37. The molecule has 2 saturated heterocycles. The first-order valence-corrected chi connectivity index (χ1v) is 10.3. The average Bonchev–Trinajstić information content (AvgIpc) is 2.28. The van der Waals surface area contributed by atoms with Gasteiger partial charge in [-0.15, -0.1) is 0 Å². The van der Waals surface area contributed by atoms with Crippen LogP contribution >= 0.6 is 0 Å². The summed E-state index contributed by atoms with van der Waals surface area (Å²) in [5, 5.41) is 0.